The number of benzene rings is 2. The number of hydrogen-bond donors (Lipinski definition) is 2. The van der Waals surface area contributed by atoms with E-state index in [1.807, 2.05) is 30.3 Å². The standard InChI is InChI=1S/C17H10N4O2/c18-9-10-5-6-15-12(7-10)16(22)20-21(15)17(23)14-8-11-3-1-2-4-13(11)19-14/h1-8,19H,(H,20,22). The van der Waals surface area contributed by atoms with Crippen molar-refractivity contribution in [2.24, 2.45) is 0 Å². The van der Waals surface area contributed by atoms with E-state index in [1.165, 1.54) is 10.7 Å². The summed E-state index contributed by atoms with van der Waals surface area (Å²) in [5, 5.41) is 12.7. The van der Waals surface area contributed by atoms with Crippen LogP contribution in [0.2, 0.25) is 0 Å². The van der Waals surface area contributed by atoms with Gasteiger partial charge in [-0.3, -0.25) is 14.7 Å². The third-order valence-corrected chi connectivity index (χ3v) is 3.79. The number of H-pyrrole nitrogens is 2. The molecule has 4 aromatic rings. The van der Waals surface area contributed by atoms with Crippen molar-refractivity contribution in [2.75, 3.05) is 0 Å². The number of hydrogen-bond acceptors (Lipinski definition) is 3. The van der Waals surface area contributed by atoms with Gasteiger partial charge in [0, 0.05) is 10.9 Å². The maximum Gasteiger partial charge on any atom is 0.293 e. The van der Waals surface area contributed by atoms with Crippen molar-refractivity contribution < 1.29 is 4.79 Å². The van der Waals surface area contributed by atoms with E-state index in [0.717, 1.165) is 10.9 Å². The molecular formula is C17H10N4O2. The summed E-state index contributed by atoms with van der Waals surface area (Å²) in [5.74, 6) is -0.363. The van der Waals surface area contributed by atoms with E-state index in [4.69, 9.17) is 5.26 Å². The molecule has 0 saturated heterocycles. The van der Waals surface area contributed by atoms with Crippen LogP contribution in [0.1, 0.15) is 16.1 Å². The fourth-order valence-electron chi connectivity index (χ4n) is 2.67. The Hall–Kier alpha value is -3.59. The number of nitrogens with one attached hydrogen (secondary N) is 2. The molecule has 4 rings (SSSR count). The Bertz CT molecular complexity index is 1140. The lowest BCUT2D eigenvalue weighted by Crippen LogP contribution is -2.16. The van der Waals surface area contributed by atoms with Crippen LogP contribution in [0.5, 0.6) is 0 Å². The number of carbonyl (C=O) groups is 1. The van der Waals surface area contributed by atoms with Gasteiger partial charge in [0.25, 0.3) is 11.5 Å². The molecule has 6 nitrogen and oxygen atoms in total. The largest absolute Gasteiger partial charge is 0.350 e. The van der Waals surface area contributed by atoms with E-state index in [2.05, 4.69) is 10.1 Å². The first-order valence-electron chi connectivity index (χ1n) is 6.95. The van der Waals surface area contributed by atoms with Crippen molar-refractivity contribution in [2.45, 2.75) is 0 Å². The van der Waals surface area contributed by atoms with Gasteiger partial charge in [-0.2, -0.15) is 5.26 Å². The molecule has 2 N–H and O–H groups in total. The molecule has 0 atom stereocenters. The van der Waals surface area contributed by atoms with E-state index in [1.54, 1.807) is 18.2 Å². The molecule has 0 amide bonds. The van der Waals surface area contributed by atoms with Gasteiger partial charge in [-0.15, -0.1) is 0 Å². The van der Waals surface area contributed by atoms with E-state index in [-0.39, 0.29) is 5.91 Å². The zero-order valence-electron chi connectivity index (χ0n) is 11.8. The summed E-state index contributed by atoms with van der Waals surface area (Å²) in [6.45, 7) is 0. The first-order valence-corrected chi connectivity index (χ1v) is 6.95. The first-order chi connectivity index (χ1) is 11.2. The molecule has 110 valence electrons. The smallest absolute Gasteiger partial charge is 0.293 e. The van der Waals surface area contributed by atoms with E-state index >= 15 is 0 Å². The van der Waals surface area contributed by atoms with Gasteiger partial charge in [0.05, 0.1) is 22.5 Å². The third kappa shape index (κ3) is 1.95. The van der Waals surface area contributed by atoms with E-state index in [0.29, 0.717) is 22.2 Å². The highest BCUT2D eigenvalue weighted by atomic mass is 16.2. The van der Waals surface area contributed by atoms with Gasteiger partial charge in [-0.05, 0) is 30.3 Å². The minimum absolute atomic E-state index is 0.313. The molecule has 0 aliphatic rings. The molecule has 2 aromatic carbocycles. The molecule has 2 aromatic heterocycles. The molecule has 0 saturated carbocycles. The predicted molar refractivity (Wildman–Crippen MR) is 85.3 cm³/mol. The van der Waals surface area contributed by atoms with Gasteiger partial charge in [-0.1, -0.05) is 18.2 Å². The van der Waals surface area contributed by atoms with Crippen LogP contribution in [0.4, 0.5) is 0 Å². The average Bonchev–Trinajstić information content (AvgIpc) is 3.15. The second-order valence-electron chi connectivity index (χ2n) is 5.20. The quantitative estimate of drug-likeness (QED) is 0.565. The Balaban J connectivity index is 1.90. The van der Waals surface area contributed by atoms with Crippen molar-refractivity contribution in [3.8, 4) is 6.07 Å². The van der Waals surface area contributed by atoms with Crippen LogP contribution < -0.4 is 5.56 Å². The number of aromatic amines is 2. The highest BCUT2D eigenvalue weighted by Gasteiger charge is 2.16. The fraction of sp³-hybridized carbons (Fsp3) is 0. The summed E-state index contributed by atoms with van der Waals surface area (Å²) < 4.78 is 1.20. The zero-order valence-corrected chi connectivity index (χ0v) is 11.8. The lowest BCUT2D eigenvalue weighted by Gasteiger charge is -2.01. The summed E-state index contributed by atoms with van der Waals surface area (Å²) in [7, 11) is 0. The van der Waals surface area contributed by atoms with Gasteiger partial charge < -0.3 is 4.98 Å². The Morgan fingerprint density at radius 3 is 2.74 bits per heavy atom. The van der Waals surface area contributed by atoms with Crippen LogP contribution in [-0.4, -0.2) is 20.7 Å². The van der Waals surface area contributed by atoms with Crippen LogP contribution in [0.15, 0.2) is 53.3 Å². The minimum atomic E-state index is -0.401. The van der Waals surface area contributed by atoms with Crippen molar-refractivity contribution in [1.82, 2.24) is 14.8 Å². The Kier molecular flexibility index (Phi) is 2.68. The topological polar surface area (TPSA) is 94.4 Å². The molecule has 2 heterocycles. The van der Waals surface area contributed by atoms with E-state index < -0.39 is 5.56 Å². The first kappa shape index (κ1) is 13.1. The summed E-state index contributed by atoms with van der Waals surface area (Å²) in [4.78, 5) is 27.8. The molecule has 0 bridgehead atoms. The van der Waals surface area contributed by atoms with Crippen LogP contribution >= 0.6 is 0 Å². The molecule has 0 spiro atoms. The lowest BCUT2D eigenvalue weighted by atomic mass is 10.2. The number of aromatic nitrogens is 3. The van der Waals surface area contributed by atoms with Crippen molar-refractivity contribution >= 4 is 27.7 Å². The predicted octanol–water partition coefficient (Wildman–Crippen LogP) is 2.37. The Morgan fingerprint density at radius 1 is 1.13 bits per heavy atom. The fourth-order valence-corrected chi connectivity index (χ4v) is 2.67. The SMILES string of the molecule is N#Cc1ccc2c(c1)c(=O)[nH]n2C(=O)c1cc2ccccc2[nH]1. The monoisotopic (exact) mass is 302 g/mol. The number of carbonyl (C=O) groups excluding carboxylic acids is 1. The maximum atomic E-state index is 12.7. The number of rotatable bonds is 1. The number of para-hydroxylation sites is 1. The Morgan fingerprint density at radius 2 is 1.96 bits per heavy atom. The van der Waals surface area contributed by atoms with Crippen LogP contribution in [0, 0.1) is 11.3 Å². The summed E-state index contributed by atoms with van der Waals surface area (Å²) in [5.41, 5.74) is 1.64. The van der Waals surface area contributed by atoms with Gasteiger partial charge in [0.1, 0.15) is 5.69 Å². The number of fused-ring (bicyclic) bond motifs is 2. The molecule has 0 radical (unpaired) electrons. The lowest BCUT2D eigenvalue weighted by molar-refractivity contribution is 0.0946. The van der Waals surface area contributed by atoms with Gasteiger partial charge in [0.2, 0.25) is 0 Å². The molecule has 23 heavy (non-hydrogen) atoms. The zero-order chi connectivity index (χ0) is 16.0. The van der Waals surface area contributed by atoms with Crippen molar-refractivity contribution in [1.29, 1.82) is 5.26 Å². The minimum Gasteiger partial charge on any atom is -0.350 e. The number of nitriles is 1. The van der Waals surface area contributed by atoms with Crippen LogP contribution in [0.3, 0.4) is 0 Å². The molecular weight excluding hydrogens is 292 g/mol. The molecule has 0 fully saturated rings. The summed E-state index contributed by atoms with van der Waals surface area (Å²) in [6.07, 6.45) is 0. The normalized spacial score (nSPS) is 10.9. The second kappa shape index (κ2) is 4.71. The molecule has 6 heteroatoms. The van der Waals surface area contributed by atoms with Gasteiger partial charge in [-0.25, -0.2) is 4.68 Å². The van der Waals surface area contributed by atoms with Crippen molar-refractivity contribution in [3.63, 3.8) is 0 Å². The number of nitrogens with zero attached hydrogens (tertiary/aromatic N) is 2. The van der Waals surface area contributed by atoms with E-state index in [9.17, 15) is 9.59 Å². The van der Waals surface area contributed by atoms with Crippen molar-refractivity contribution in [3.05, 3.63) is 70.1 Å². The Labute approximate surface area is 129 Å². The molecule has 0 unspecified atom stereocenters. The summed E-state index contributed by atoms with van der Waals surface area (Å²) >= 11 is 0. The van der Waals surface area contributed by atoms with Gasteiger partial charge >= 0.3 is 0 Å². The highest BCUT2D eigenvalue weighted by molar-refractivity contribution is 6.03. The van der Waals surface area contributed by atoms with Gasteiger partial charge in [0.15, 0.2) is 0 Å². The molecule has 0 aliphatic carbocycles. The summed E-state index contributed by atoms with van der Waals surface area (Å²) in [6, 6.07) is 15.9. The van der Waals surface area contributed by atoms with Crippen LogP contribution in [0.25, 0.3) is 21.8 Å². The average molecular weight is 302 g/mol. The van der Waals surface area contributed by atoms with Crippen LogP contribution in [-0.2, 0) is 0 Å². The second-order valence-corrected chi connectivity index (χ2v) is 5.20. The highest BCUT2D eigenvalue weighted by Crippen LogP contribution is 2.17. The maximum absolute atomic E-state index is 12.7. The third-order valence-electron chi connectivity index (χ3n) is 3.79. The molecule has 0 aliphatic heterocycles.